The lowest BCUT2D eigenvalue weighted by Gasteiger charge is -2.17. The largest absolute Gasteiger partial charge is 0.497 e. The summed E-state index contributed by atoms with van der Waals surface area (Å²) in [5.41, 5.74) is 2.22. The minimum atomic E-state index is 0.536. The van der Waals surface area contributed by atoms with Crippen molar-refractivity contribution in [3.8, 4) is 17.1 Å². The molecule has 3 rings (SSSR count). The summed E-state index contributed by atoms with van der Waals surface area (Å²) in [6.45, 7) is 1.46. The van der Waals surface area contributed by atoms with Crippen LogP contribution in [0.1, 0.15) is 5.56 Å². The zero-order valence-corrected chi connectivity index (χ0v) is 16.5. The third-order valence-electron chi connectivity index (χ3n) is 3.79. The van der Waals surface area contributed by atoms with Crippen molar-refractivity contribution in [2.45, 2.75) is 13.2 Å². The molecule has 130 valence electrons. The Morgan fingerprint density at radius 3 is 2.48 bits per heavy atom. The van der Waals surface area contributed by atoms with Crippen LogP contribution in [0.5, 0.6) is 5.75 Å². The van der Waals surface area contributed by atoms with Gasteiger partial charge in [0.1, 0.15) is 5.75 Å². The first-order valence-corrected chi connectivity index (χ1v) is 8.99. The van der Waals surface area contributed by atoms with Gasteiger partial charge in [-0.3, -0.25) is 10.00 Å². The summed E-state index contributed by atoms with van der Waals surface area (Å²) in [7, 11) is 3.70. The lowest BCUT2D eigenvalue weighted by molar-refractivity contribution is 0.244. The van der Waals surface area contributed by atoms with E-state index in [4.69, 9.17) is 17.0 Å². The number of hydrogen-bond donors (Lipinski definition) is 1. The highest BCUT2D eigenvalue weighted by Gasteiger charge is 2.08. The van der Waals surface area contributed by atoms with Gasteiger partial charge in [0.25, 0.3) is 0 Å². The van der Waals surface area contributed by atoms with Crippen molar-refractivity contribution in [2.75, 3.05) is 14.2 Å². The fourth-order valence-electron chi connectivity index (χ4n) is 2.52. The second-order valence-corrected chi connectivity index (χ2v) is 7.07. The zero-order chi connectivity index (χ0) is 17.8. The Hall–Kier alpha value is -1.96. The summed E-state index contributed by atoms with van der Waals surface area (Å²) in [5, 5.41) is 3.27. The van der Waals surface area contributed by atoms with E-state index in [1.807, 2.05) is 41.1 Å². The molecule has 0 aliphatic carbocycles. The molecule has 0 atom stereocenters. The highest BCUT2D eigenvalue weighted by molar-refractivity contribution is 9.10. The molecule has 5 nitrogen and oxygen atoms in total. The molecule has 0 fully saturated rings. The Labute approximate surface area is 160 Å². The van der Waals surface area contributed by atoms with E-state index in [9.17, 15) is 0 Å². The predicted molar refractivity (Wildman–Crippen MR) is 105 cm³/mol. The maximum absolute atomic E-state index is 5.38. The number of benzene rings is 2. The zero-order valence-electron chi connectivity index (χ0n) is 14.1. The first-order valence-electron chi connectivity index (χ1n) is 7.79. The fraction of sp³-hybridized carbons (Fsp3) is 0.222. The molecule has 0 spiro atoms. The van der Waals surface area contributed by atoms with E-state index in [2.05, 4.69) is 50.1 Å². The van der Waals surface area contributed by atoms with Crippen LogP contribution in [0.2, 0.25) is 0 Å². The summed E-state index contributed by atoms with van der Waals surface area (Å²) in [5.74, 6) is 1.57. The Balaban J connectivity index is 1.71. The normalized spacial score (nSPS) is 11.0. The molecule has 0 saturated carbocycles. The maximum Gasteiger partial charge on any atom is 0.217 e. The second-order valence-electron chi connectivity index (χ2n) is 5.79. The molecule has 0 saturated heterocycles. The molecule has 25 heavy (non-hydrogen) atoms. The minimum absolute atomic E-state index is 0.536. The van der Waals surface area contributed by atoms with Crippen LogP contribution >= 0.6 is 28.1 Å². The quantitative estimate of drug-likeness (QED) is 0.599. The Morgan fingerprint density at radius 1 is 1.16 bits per heavy atom. The number of aromatic amines is 1. The lowest BCUT2D eigenvalue weighted by Crippen LogP contribution is -2.22. The van der Waals surface area contributed by atoms with Gasteiger partial charge in [0.15, 0.2) is 5.82 Å². The van der Waals surface area contributed by atoms with E-state index in [-0.39, 0.29) is 0 Å². The van der Waals surface area contributed by atoms with Gasteiger partial charge in [0.05, 0.1) is 13.8 Å². The average Bonchev–Trinajstić information content (AvgIpc) is 2.97. The number of hydrogen-bond acceptors (Lipinski definition) is 4. The minimum Gasteiger partial charge on any atom is -0.497 e. The van der Waals surface area contributed by atoms with Crippen LogP contribution in [-0.2, 0) is 13.2 Å². The van der Waals surface area contributed by atoms with Crippen molar-refractivity contribution >= 4 is 28.1 Å². The van der Waals surface area contributed by atoms with Gasteiger partial charge in [-0.05, 0) is 61.2 Å². The molecule has 0 aliphatic rings. The van der Waals surface area contributed by atoms with Gasteiger partial charge in [-0.2, -0.15) is 4.98 Å². The van der Waals surface area contributed by atoms with Crippen molar-refractivity contribution < 1.29 is 4.74 Å². The molecule has 2 aromatic carbocycles. The fourth-order valence-corrected chi connectivity index (χ4v) is 2.98. The number of ether oxygens (including phenoxy) is 1. The number of nitrogens with one attached hydrogen (secondary N) is 1. The third kappa shape index (κ3) is 4.56. The van der Waals surface area contributed by atoms with Crippen LogP contribution in [0.3, 0.4) is 0 Å². The van der Waals surface area contributed by atoms with E-state index < -0.39 is 0 Å². The molecular weight excluding hydrogens is 400 g/mol. The monoisotopic (exact) mass is 418 g/mol. The van der Waals surface area contributed by atoms with Crippen LogP contribution in [-0.4, -0.2) is 33.8 Å². The number of rotatable bonds is 6. The smallest absolute Gasteiger partial charge is 0.217 e. The van der Waals surface area contributed by atoms with E-state index in [0.29, 0.717) is 11.4 Å². The molecule has 0 amide bonds. The number of H-pyrrole nitrogens is 1. The van der Waals surface area contributed by atoms with Gasteiger partial charge < -0.3 is 4.74 Å². The van der Waals surface area contributed by atoms with Gasteiger partial charge in [0.2, 0.25) is 4.77 Å². The molecule has 3 aromatic rings. The highest BCUT2D eigenvalue weighted by Crippen LogP contribution is 2.19. The molecule has 1 N–H and O–H groups in total. The van der Waals surface area contributed by atoms with E-state index in [1.54, 1.807) is 7.11 Å². The van der Waals surface area contributed by atoms with Crippen molar-refractivity contribution in [2.24, 2.45) is 0 Å². The van der Waals surface area contributed by atoms with Crippen molar-refractivity contribution in [3.05, 3.63) is 63.3 Å². The lowest BCUT2D eigenvalue weighted by atomic mass is 10.2. The first-order chi connectivity index (χ1) is 12.0. The van der Waals surface area contributed by atoms with Crippen molar-refractivity contribution in [1.82, 2.24) is 19.7 Å². The molecule has 0 radical (unpaired) electrons. The molecule has 0 unspecified atom stereocenters. The van der Waals surface area contributed by atoms with E-state index >= 15 is 0 Å². The standard InChI is InChI=1S/C18H19BrN4OS/c1-22(11-13-3-7-15(19)8-4-13)12-23-18(25)20-17(21-23)14-5-9-16(24-2)10-6-14/h3-10H,11-12H2,1-2H3,(H,20,21,25). The Morgan fingerprint density at radius 2 is 1.84 bits per heavy atom. The Bertz CT molecular complexity index is 887. The van der Waals surface area contributed by atoms with Gasteiger partial charge in [-0.1, -0.05) is 28.1 Å². The summed E-state index contributed by atoms with van der Waals surface area (Å²) < 4.78 is 8.67. The van der Waals surface area contributed by atoms with Gasteiger partial charge >= 0.3 is 0 Å². The summed E-state index contributed by atoms with van der Waals surface area (Å²) >= 11 is 8.84. The summed E-state index contributed by atoms with van der Waals surface area (Å²) in [4.78, 5) is 6.63. The molecule has 1 aromatic heterocycles. The predicted octanol–water partition coefficient (Wildman–Crippen LogP) is 4.47. The number of halogens is 1. The van der Waals surface area contributed by atoms with Gasteiger partial charge in [-0.15, -0.1) is 0 Å². The molecule has 0 bridgehead atoms. The van der Waals surface area contributed by atoms with Crippen LogP contribution in [0.4, 0.5) is 0 Å². The second kappa shape index (κ2) is 7.95. The summed E-state index contributed by atoms with van der Waals surface area (Å²) in [6.07, 6.45) is 0. The number of nitrogens with zero attached hydrogens (tertiary/aromatic N) is 3. The van der Waals surface area contributed by atoms with Gasteiger partial charge in [-0.25, -0.2) is 4.68 Å². The van der Waals surface area contributed by atoms with Crippen molar-refractivity contribution in [1.29, 1.82) is 0 Å². The van der Waals surface area contributed by atoms with Crippen LogP contribution < -0.4 is 4.74 Å². The van der Waals surface area contributed by atoms with E-state index in [0.717, 1.165) is 28.2 Å². The molecule has 1 heterocycles. The SMILES string of the molecule is COc1ccc(-c2nc(=S)n(CN(C)Cc3ccc(Br)cc3)[nH]2)cc1. The number of aromatic nitrogens is 3. The first kappa shape index (κ1) is 17.8. The summed E-state index contributed by atoms with van der Waals surface area (Å²) in [6, 6.07) is 16.0. The molecule has 0 aliphatic heterocycles. The Kier molecular flexibility index (Phi) is 5.67. The topological polar surface area (TPSA) is 46.1 Å². The molecule has 7 heteroatoms. The van der Waals surface area contributed by atoms with Crippen LogP contribution in [0, 0.1) is 4.77 Å². The van der Waals surface area contributed by atoms with E-state index in [1.165, 1.54) is 5.56 Å². The average molecular weight is 419 g/mol. The molecular formula is C18H19BrN4OS. The number of methoxy groups -OCH3 is 1. The maximum atomic E-state index is 5.38. The van der Waals surface area contributed by atoms with Crippen molar-refractivity contribution in [3.63, 3.8) is 0 Å². The van der Waals surface area contributed by atoms with Crippen LogP contribution in [0.15, 0.2) is 53.0 Å². The van der Waals surface area contributed by atoms with Gasteiger partial charge in [0, 0.05) is 16.6 Å². The highest BCUT2D eigenvalue weighted by atomic mass is 79.9. The van der Waals surface area contributed by atoms with Crippen LogP contribution in [0.25, 0.3) is 11.4 Å². The third-order valence-corrected chi connectivity index (χ3v) is 4.63.